The number of nitrogens with one attached hydrogen (secondary N) is 1. The Morgan fingerprint density at radius 2 is 2.32 bits per heavy atom. The van der Waals surface area contributed by atoms with E-state index in [1.165, 1.54) is 6.20 Å². The van der Waals surface area contributed by atoms with Gasteiger partial charge in [-0.3, -0.25) is 4.79 Å². The third-order valence-electron chi connectivity index (χ3n) is 3.21. The van der Waals surface area contributed by atoms with Gasteiger partial charge in [0, 0.05) is 10.9 Å². The number of hydrogen-bond donors (Lipinski definition) is 2. The summed E-state index contributed by atoms with van der Waals surface area (Å²) in [6.45, 7) is 1.69. The molecule has 1 amide bonds. The SMILES string of the molecule is Cc1oncc1C(=O)NCC(O)c1ccc(-c2ccsc2)o1. The highest BCUT2D eigenvalue weighted by molar-refractivity contribution is 7.08. The Kier molecular flexibility index (Phi) is 4.08. The molecule has 0 aliphatic rings. The number of thiophene rings is 1. The van der Waals surface area contributed by atoms with Gasteiger partial charge in [0.1, 0.15) is 28.9 Å². The van der Waals surface area contributed by atoms with E-state index < -0.39 is 6.10 Å². The van der Waals surface area contributed by atoms with E-state index in [4.69, 9.17) is 8.94 Å². The number of rotatable bonds is 5. The van der Waals surface area contributed by atoms with Crippen molar-refractivity contribution in [3.05, 3.63) is 52.2 Å². The number of hydrogen-bond acceptors (Lipinski definition) is 6. The lowest BCUT2D eigenvalue weighted by molar-refractivity contribution is 0.0900. The van der Waals surface area contributed by atoms with Crippen LogP contribution in [-0.2, 0) is 0 Å². The Morgan fingerprint density at radius 3 is 3.00 bits per heavy atom. The first-order valence-electron chi connectivity index (χ1n) is 6.65. The monoisotopic (exact) mass is 318 g/mol. The molecule has 3 rings (SSSR count). The lowest BCUT2D eigenvalue weighted by Gasteiger charge is -2.09. The van der Waals surface area contributed by atoms with Gasteiger partial charge in [0.15, 0.2) is 0 Å². The standard InChI is InChI=1S/C15H14N2O4S/c1-9-11(6-17-21-9)15(19)16-7-12(18)14-3-2-13(20-14)10-4-5-22-8-10/h2-6,8,12,18H,7H2,1H3,(H,16,19). The van der Waals surface area contributed by atoms with E-state index in [1.54, 1.807) is 30.4 Å². The van der Waals surface area contributed by atoms with E-state index in [9.17, 15) is 9.90 Å². The Hall–Kier alpha value is -2.38. The largest absolute Gasteiger partial charge is 0.458 e. The number of amides is 1. The predicted molar refractivity (Wildman–Crippen MR) is 80.6 cm³/mol. The molecule has 1 atom stereocenters. The molecule has 0 bridgehead atoms. The highest BCUT2D eigenvalue weighted by Gasteiger charge is 2.17. The van der Waals surface area contributed by atoms with Gasteiger partial charge >= 0.3 is 0 Å². The van der Waals surface area contributed by atoms with Gasteiger partial charge < -0.3 is 19.4 Å². The summed E-state index contributed by atoms with van der Waals surface area (Å²) in [6, 6.07) is 5.44. The van der Waals surface area contributed by atoms with Crippen LogP contribution in [0.3, 0.4) is 0 Å². The summed E-state index contributed by atoms with van der Waals surface area (Å²) in [5.74, 6) is 1.19. The van der Waals surface area contributed by atoms with Crippen LogP contribution in [0.1, 0.15) is 28.0 Å². The minimum Gasteiger partial charge on any atom is -0.458 e. The number of nitrogens with zero attached hydrogens (tertiary/aromatic N) is 1. The van der Waals surface area contributed by atoms with Crippen molar-refractivity contribution >= 4 is 17.2 Å². The fourth-order valence-corrected chi connectivity index (χ4v) is 2.64. The zero-order chi connectivity index (χ0) is 15.5. The number of carbonyl (C=O) groups is 1. The van der Waals surface area contributed by atoms with Crippen LogP contribution in [0.5, 0.6) is 0 Å². The average Bonchev–Trinajstić information content (AvgIpc) is 3.23. The molecule has 22 heavy (non-hydrogen) atoms. The van der Waals surface area contributed by atoms with Gasteiger partial charge in [-0.2, -0.15) is 11.3 Å². The van der Waals surface area contributed by atoms with Crippen molar-refractivity contribution in [2.45, 2.75) is 13.0 Å². The summed E-state index contributed by atoms with van der Waals surface area (Å²) in [6.07, 6.45) is 0.426. The normalized spacial score (nSPS) is 12.3. The average molecular weight is 318 g/mol. The number of aliphatic hydroxyl groups excluding tert-OH is 1. The second kappa shape index (κ2) is 6.17. The van der Waals surface area contributed by atoms with E-state index in [-0.39, 0.29) is 12.5 Å². The van der Waals surface area contributed by atoms with Crippen molar-refractivity contribution < 1.29 is 18.8 Å². The van der Waals surface area contributed by atoms with Crippen LogP contribution < -0.4 is 5.32 Å². The molecule has 7 heteroatoms. The van der Waals surface area contributed by atoms with Gasteiger partial charge in [0.25, 0.3) is 5.91 Å². The van der Waals surface area contributed by atoms with Crippen LogP contribution in [0.2, 0.25) is 0 Å². The van der Waals surface area contributed by atoms with Gasteiger partial charge in [0.2, 0.25) is 0 Å². The molecule has 0 saturated carbocycles. The van der Waals surface area contributed by atoms with Crippen molar-refractivity contribution in [3.63, 3.8) is 0 Å². The molecule has 0 radical (unpaired) electrons. The molecule has 0 aromatic carbocycles. The van der Waals surface area contributed by atoms with Crippen molar-refractivity contribution in [3.8, 4) is 11.3 Å². The quantitative estimate of drug-likeness (QED) is 0.755. The van der Waals surface area contributed by atoms with Crippen molar-refractivity contribution in [1.82, 2.24) is 10.5 Å². The van der Waals surface area contributed by atoms with Crippen molar-refractivity contribution in [2.24, 2.45) is 0 Å². The first-order chi connectivity index (χ1) is 10.6. The maximum atomic E-state index is 11.9. The zero-order valence-corrected chi connectivity index (χ0v) is 12.6. The summed E-state index contributed by atoms with van der Waals surface area (Å²) in [7, 11) is 0. The number of aromatic nitrogens is 1. The first kappa shape index (κ1) is 14.6. The topological polar surface area (TPSA) is 88.5 Å². The molecule has 114 valence electrons. The van der Waals surface area contributed by atoms with Crippen molar-refractivity contribution in [1.29, 1.82) is 0 Å². The van der Waals surface area contributed by atoms with Crippen LogP contribution in [0.15, 0.2) is 44.1 Å². The van der Waals surface area contributed by atoms with Gasteiger partial charge in [-0.05, 0) is 30.5 Å². The Balaban J connectivity index is 1.62. The first-order valence-corrected chi connectivity index (χ1v) is 7.59. The van der Waals surface area contributed by atoms with E-state index in [0.717, 1.165) is 5.56 Å². The smallest absolute Gasteiger partial charge is 0.256 e. The number of aliphatic hydroxyl groups is 1. The fraction of sp³-hybridized carbons (Fsp3) is 0.200. The molecule has 0 spiro atoms. The van der Waals surface area contributed by atoms with Gasteiger partial charge in [0.05, 0.1) is 12.7 Å². The Morgan fingerprint density at radius 1 is 1.45 bits per heavy atom. The predicted octanol–water partition coefficient (Wildman–Crippen LogP) is 2.77. The van der Waals surface area contributed by atoms with Gasteiger partial charge in [-0.15, -0.1) is 0 Å². The molecule has 3 aromatic rings. The van der Waals surface area contributed by atoms with E-state index in [2.05, 4.69) is 10.5 Å². The second-order valence-corrected chi connectivity index (χ2v) is 5.52. The van der Waals surface area contributed by atoms with Crippen LogP contribution in [0, 0.1) is 6.92 Å². The maximum absolute atomic E-state index is 11.9. The molecule has 0 fully saturated rings. The molecule has 1 unspecified atom stereocenters. The summed E-state index contributed by atoms with van der Waals surface area (Å²) in [5, 5.41) is 20.2. The highest BCUT2D eigenvalue weighted by atomic mass is 32.1. The minimum atomic E-state index is -0.920. The van der Waals surface area contributed by atoms with Gasteiger partial charge in [-0.1, -0.05) is 5.16 Å². The highest BCUT2D eigenvalue weighted by Crippen LogP contribution is 2.26. The molecule has 3 heterocycles. The van der Waals surface area contributed by atoms with Crippen molar-refractivity contribution in [2.75, 3.05) is 6.54 Å². The third-order valence-corrected chi connectivity index (χ3v) is 3.90. The van der Waals surface area contributed by atoms with E-state index in [0.29, 0.717) is 22.8 Å². The molecular weight excluding hydrogens is 304 g/mol. The number of carbonyl (C=O) groups excluding carboxylic acids is 1. The lowest BCUT2D eigenvalue weighted by atomic mass is 10.2. The lowest BCUT2D eigenvalue weighted by Crippen LogP contribution is -2.28. The zero-order valence-electron chi connectivity index (χ0n) is 11.8. The second-order valence-electron chi connectivity index (χ2n) is 4.74. The number of aryl methyl sites for hydroxylation is 1. The number of furan rings is 1. The molecular formula is C15H14N2O4S. The third kappa shape index (κ3) is 2.95. The minimum absolute atomic E-state index is 0.0417. The van der Waals surface area contributed by atoms with Crippen LogP contribution in [-0.4, -0.2) is 22.7 Å². The Bertz CT molecular complexity index is 760. The van der Waals surface area contributed by atoms with Crippen LogP contribution in [0.4, 0.5) is 0 Å². The molecule has 0 saturated heterocycles. The van der Waals surface area contributed by atoms with Gasteiger partial charge in [-0.25, -0.2) is 0 Å². The molecule has 2 N–H and O–H groups in total. The fourth-order valence-electron chi connectivity index (χ4n) is 1.99. The van der Waals surface area contributed by atoms with Crippen LogP contribution in [0.25, 0.3) is 11.3 Å². The van der Waals surface area contributed by atoms with Crippen LogP contribution >= 0.6 is 11.3 Å². The summed E-state index contributed by atoms with van der Waals surface area (Å²) < 4.78 is 10.4. The summed E-state index contributed by atoms with van der Waals surface area (Å²) >= 11 is 1.57. The molecule has 6 nitrogen and oxygen atoms in total. The van der Waals surface area contributed by atoms with E-state index in [1.807, 2.05) is 16.8 Å². The molecule has 0 aliphatic heterocycles. The molecule has 0 aliphatic carbocycles. The summed E-state index contributed by atoms with van der Waals surface area (Å²) in [5.41, 5.74) is 1.32. The van der Waals surface area contributed by atoms with E-state index >= 15 is 0 Å². The summed E-state index contributed by atoms with van der Waals surface area (Å²) in [4.78, 5) is 11.9. The Labute approximate surface area is 130 Å². The molecule has 3 aromatic heterocycles. The maximum Gasteiger partial charge on any atom is 0.256 e.